The average Bonchev–Trinajstić information content (AvgIpc) is 3.32. The van der Waals surface area contributed by atoms with Crippen molar-refractivity contribution in [3.05, 3.63) is 48.4 Å². The first-order valence-electron chi connectivity index (χ1n) is 7.75. The van der Waals surface area contributed by atoms with Gasteiger partial charge >= 0.3 is 0 Å². The second-order valence-electron chi connectivity index (χ2n) is 5.26. The number of amides is 1. The van der Waals surface area contributed by atoms with Crippen molar-refractivity contribution >= 4 is 49.5 Å². The summed E-state index contributed by atoms with van der Waals surface area (Å²) in [6.07, 6.45) is 1.48. The number of thioether (sulfide) groups is 2. The molecular formula is C16H17N3O4S3. The number of benzene rings is 1. The average molecular weight is 412 g/mol. The summed E-state index contributed by atoms with van der Waals surface area (Å²) in [5.41, 5.74) is 0.428. The molecule has 0 bridgehead atoms. The first kappa shape index (κ1) is 19.0. The van der Waals surface area contributed by atoms with Gasteiger partial charge in [-0.3, -0.25) is 9.79 Å². The van der Waals surface area contributed by atoms with E-state index in [4.69, 9.17) is 4.42 Å². The Morgan fingerprint density at radius 2 is 2.19 bits per heavy atom. The molecule has 0 saturated carbocycles. The SMILES string of the molecule is O=C(CSC1=NCCS1)Nc1cccc(S(=O)(=O)NCc2ccco2)c1. The Morgan fingerprint density at radius 3 is 2.92 bits per heavy atom. The van der Waals surface area contributed by atoms with Gasteiger partial charge in [0.2, 0.25) is 15.9 Å². The van der Waals surface area contributed by atoms with Crippen LogP contribution in [0.15, 0.2) is 57.0 Å². The van der Waals surface area contributed by atoms with Crippen LogP contribution in [0.2, 0.25) is 0 Å². The summed E-state index contributed by atoms with van der Waals surface area (Å²) in [5, 5.41) is 2.71. The maximum Gasteiger partial charge on any atom is 0.241 e. The predicted molar refractivity (Wildman–Crippen MR) is 105 cm³/mol. The van der Waals surface area contributed by atoms with E-state index >= 15 is 0 Å². The normalized spacial score (nSPS) is 14.2. The summed E-state index contributed by atoms with van der Waals surface area (Å²) in [5.74, 6) is 1.50. The number of hydrogen-bond acceptors (Lipinski definition) is 7. The Morgan fingerprint density at radius 1 is 1.31 bits per heavy atom. The fraction of sp³-hybridized carbons (Fsp3) is 0.250. The number of rotatable bonds is 7. The van der Waals surface area contributed by atoms with E-state index in [0.29, 0.717) is 11.4 Å². The number of nitrogens with one attached hydrogen (secondary N) is 2. The third kappa shape index (κ3) is 5.37. The van der Waals surface area contributed by atoms with E-state index < -0.39 is 10.0 Å². The van der Waals surface area contributed by atoms with Gasteiger partial charge in [0, 0.05) is 11.4 Å². The molecule has 2 N–H and O–H groups in total. The highest BCUT2D eigenvalue weighted by atomic mass is 32.2. The number of aliphatic imine (C=N–C) groups is 1. The third-order valence-corrected chi connectivity index (χ3v) is 6.98. The minimum atomic E-state index is -3.71. The Bertz CT molecular complexity index is 895. The maximum atomic E-state index is 12.4. The van der Waals surface area contributed by atoms with Gasteiger partial charge < -0.3 is 9.73 Å². The molecule has 138 valence electrons. The van der Waals surface area contributed by atoms with Gasteiger partial charge in [0.15, 0.2) is 0 Å². The lowest BCUT2D eigenvalue weighted by Crippen LogP contribution is -2.23. The van der Waals surface area contributed by atoms with Gasteiger partial charge in [-0.25, -0.2) is 13.1 Å². The van der Waals surface area contributed by atoms with Gasteiger partial charge in [0.1, 0.15) is 10.1 Å². The van der Waals surface area contributed by atoms with E-state index in [9.17, 15) is 13.2 Å². The van der Waals surface area contributed by atoms with Gasteiger partial charge in [-0.15, -0.1) is 0 Å². The van der Waals surface area contributed by atoms with E-state index in [1.54, 1.807) is 36.0 Å². The number of hydrogen-bond donors (Lipinski definition) is 2. The molecule has 2 heterocycles. The van der Waals surface area contributed by atoms with E-state index in [1.165, 1.54) is 30.2 Å². The highest BCUT2D eigenvalue weighted by molar-refractivity contribution is 8.39. The second kappa shape index (κ2) is 8.76. The van der Waals surface area contributed by atoms with Crippen molar-refractivity contribution in [2.75, 3.05) is 23.4 Å². The quantitative estimate of drug-likeness (QED) is 0.726. The van der Waals surface area contributed by atoms with Crippen molar-refractivity contribution in [2.45, 2.75) is 11.4 Å². The topological polar surface area (TPSA) is 101 Å². The monoisotopic (exact) mass is 411 g/mol. The fourth-order valence-electron chi connectivity index (χ4n) is 2.13. The van der Waals surface area contributed by atoms with E-state index in [2.05, 4.69) is 15.0 Å². The number of sulfonamides is 1. The number of nitrogens with zero attached hydrogens (tertiary/aromatic N) is 1. The van der Waals surface area contributed by atoms with Crippen molar-refractivity contribution in [1.29, 1.82) is 0 Å². The lowest BCUT2D eigenvalue weighted by atomic mass is 10.3. The van der Waals surface area contributed by atoms with Crippen molar-refractivity contribution in [2.24, 2.45) is 4.99 Å². The Kier molecular flexibility index (Phi) is 6.41. The molecule has 1 aromatic heterocycles. The summed E-state index contributed by atoms with van der Waals surface area (Å²) >= 11 is 3.03. The summed E-state index contributed by atoms with van der Waals surface area (Å²) in [6, 6.07) is 9.50. The van der Waals surface area contributed by atoms with Crippen LogP contribution >= 0.6 is 23.5 Å². The molecule has 0 spiro atoms. The van der Waals surface area contributed by atoms with Crippen molar-refractivity contribution in [3.8, 4) is 0 Å². The molecule has 10 heteroatoms. The van der Waals surface area contributed by atoms with Crippen LogP contribution < -0.4 is 10.0 Å². The smallest absolute Gasteiger partial charge is 0.241 e. The second-order valence-corrected chi connectivity index (χ2v) is 9.34. The van der Waals surface area contributed by atoms with Gasteiger partial charge in [-0.2, -0.15) is 0 Å². The summed E-state index contributed by atoms with van der Waals surface area (Å²) in [6.45, 7) is 0.849. The molecule has 26 heavy (non-hydrogen) atoms. The Hall–Kier alpha value is -1.75. The van der Waals surface area contributed by atoms with E-state index in [0.717, 1.165) is 16.7 Å². The molecule has 1 amide bonds. The van der Waals surface area contributed by atoms with Crippen LogP contribution in [0, 0.1) is 0 Å². The van der Waals surface area contributed by atoms with E-state index in [1.807, 2.05) is 0 Å². The first-order valence-corrected chi connectivity index (χ1v) is 11.2. The zero-order chi connectivity index (χ0) is 18.4. The van der Waals surface area contributed by atoms with Crippen LogP contribution in [0.4, 0.5) is 5.69 Å². The largest absolute Gasteiger partial charge is 0.468 e. The summed E-state index contributed by atoms with van der Waals surface area (Å²) < 4.78 is 33.2. The van der Waals surface area contributed by atoms with Crippen molar-refractivity contribution in [1.82, 2.24) is 4.72 Å². The molecule has 0 aliphatic carbocycles. The zero-order valence-corrected chi connectivity index (χ0v) is 16.1. The molecule has 3 rings (SSSR count). The van der Waals surface area contributed by atoms with Crippen LogP contribution in [0.5, 0.6) is 0 Å². The van der Waals surface area contributed by atoms with Crippen molar-refractivity contribution in [3.63, 3.8) is 0 Å². The van der Waals surface area contributed by atoms with Crippen LogP contribution in [0.1, 0.15) is 5.76 Å². The molecule has 0 fully saturated rings. The number of furan rings is 1. The molecule has 1 aliphatic heterocycles. The molecule has 0 unspecified atom stereocenters. The number of carbonyl (C=O) groups is 1. The van der Waals surface area contributed by atoms with Crippen LogP contribution in [0.25, 0.3) is 0 Å². The highest BCUT2D eigenvalue weighted by Crippen LogP contribution is 2.22. The molecule has 7 nitrogen and oxygen atoms in total. The van der Waals surface area contributed by atoms with Gasteiger partial charge in [0.05, 0.1) is 30.0 Å². The highest BCUT2D eigenvalue weighted by Gasteiger charge is 2.16. The predicted octanol–water partition coefficient (Wildman–Crippen LogP) is 2.53. The zero-order valence-electron chi connectivity index (χ0n) is 13.7. The van der Waals surface area contributed by atoms with Crippen molar-refractivity contribution < 1.29 is 17.6 Å². The molecular weight excluding hydrogens is 394 g/mol. The Labute approximate surface area is 160 Å². The standard InChI is InChI=1S/C16H17N3O4S3/c20-15(11-25-16-17-6-8-24-16)19-12-3-1-5-14(9-12)26(21,22)18-10-13-4-2-7-23-13/h1-5,7,9,18H,6,8,10-11H2,(H,19,20). The molecule has 0 saturated heterocycles. The van der Waals surface area contributed by atoms with E-state index in [-0.39, 0.29) is 23.1 Å². The Balaban J connectivity index is 1.58. The number of carbonyl (C=O) groups excluding carboxylic acids is 1. The fourth-order valence-corrected chi connectivity index (χ4v) is 4.98. The first-order chi connectivity index (χ1) is 12.5. The van der Waals surface area contributed by atoms with Crippen LogP contribution in [-0.4, -0.2) is 36.8 Å². The molecule has 1 aromatic carbocycles. The van der Waals surface area contributed by atoms with Crippen LogP contribution in [0.3, 0.4) is 0 Å². The van der Waals surface area contributed by atoms with Gasteiger partial charge in [-0.1, -0.05) is 29.6 Å². The molecule has 0 radical (unpaired) electrons. The van der Waals surface area contributed by atoms with Gasteiger partial charge in [0.25, 0.3) is 0 Å². The summed E-state index contributed by atoms with van der Waals surface area (Å²) in [4.78, 5) is 16.4. The van der Waals surface area contributed by atoms with Gasteiger partial charge in [-0.05, 0) is 30.3 Å². The summed E-state index contributed by atoms with van der Waals surface area (Å²) in [7, 11) is -3.71. The lowest BCUT2D eigenvalue weighted by Gasteiger charge is -2.09. The third-order valence-electron chi connectivity index (χ3n) is 3.33. The van der Waals surface area contributed by atoms with Crippen LogP contribution in [-0.2, 0) is 21.4 Å². The number of anilines is 1. The molecule has 1 aliphatic rings. The maximum absolute atomic E-state index is 12.4. The minimum Gasteiger partial charge on any atom is -0.468 e. The molecule has 0 atom stereocenters. The lowest BCUT2D eigenvalue weighted by molar-refractivity contribution is -0.113. The molecule has 2 aromatic rings. The minimum absolute atomic E-state index is 0.0579.